The lowest BCUT2D eigenvalue weighted by Crippen LogP contribution is -2.60. The fourth-order valence-electron chi connectivity index (χ4n) is 3.24. The number of hydrogen-bond acceptors (Lipinski definition) is 9. The van der Waals surface area contributed by atoms with Gasteiger partial charge in [-0.15, -0.1) is 0 Å². The van der Waals surface area contributed by atoms with Crippen molar-refractivity contribution in [3.8, 4) is 0 Å². The summed E-state index contributed by atoms with van der Waals surface area (Å²) in [4.78, 5) is 74.7. The quantitative estimate of drug-likeness (QED) is 0.0936. The maximum atomic E-state index is 13.1. The molecule has 0 aromatic heterocycles. The van der Waals surface area contributed by atoms with Gasteiger partial charge in [0.15, 0.2) is 0 Å². The summed E-state index contributed by atoms with van der Waals surface area (Å²) in [6.45, 7) is 9.98. The van der Waals surface area contributed by atoms with Crippen molar-refractivity contribution in [3.05, 3.63) is 0 Å². The minimum absolute atomic E-state index is 0.0902. The third kappa shape index (κ3) is 12.0. The van der Waals surface area contributed by atoms with Gasteiger partial charge in [0.1, 0.15) is 30.2 Å². The highest BCUT2D eigenvalue weighted by atomic mass is 32.1. The minimum atomic E-state index is -1.26. The zero-order valence-corrected chi connectivity index (χ0v) is 25.1. The number of nitrogens with two attached hydrogens (primary N) is 1. The molecule has 0 saturated carbocycles. The predicted molar refractivity (Wildman–Crippen MR) is 153 cm³/mol. The van der Waals surface area contributed by atoms with Crippen molar-refractivity contribution < 1.29 is 33.9 Å². The van der Waals surface area contributed by atoms with E-state index in [-0.39, 0.29) is 23.3 Å². The largest absolute Gasteiger partial charge is 0.480 e. The Balaban J connectivity index is 5.47. The van der Waals surface area contributed by atoms with Gasteiger partial charge in [-0.2, -0.15) is 25.3 Å². The molecule has 8 atom stereocenters. The van der Waals surface area contributed by atoms with E-state index in [1.165, 1.54) is 13.8 Å². The Labute approximate surface area is 240 Å². The molecule has 0 radical (unpaired) electrons. The van der Waals surface area contributed by atoms with Crippen LogP contribution in [0.1, 0.15) is 54.4 Å². The Hall–Kier alpha value is -2.52. The van der Waals surface area contributed by atoms with Crippen LogP contribution in [0.25, 0.3) is 0 Å². The molecular weight excluding hydrogens is 548 g/mol. The molecule has 39 heavy (non-hydrogen) atoms. The van der Waals surface area contributed by atoms with Crippen molar-refractivity contribution in [3.63, 3.8) is 0 Å². The van der Waals surface area contributed by atoms with Crippen LogP contribution in [0.5, 0.6) is 0 Å². The standard InChI is InChI=1S/C24H44N6O7S2/c1-7-11(3)17(29-19(31)13(5)26-21(33)15(25)9-38)22(34)27-14(6)20(32)30-18(12(4)8-2)23(35)28-16(10-39)24(36)37/h11-18,38-39H,7-10,25H2,1-6H3,(H,26,33)(H,27,34)(H,28,35)(H,29,31)(H,30,32)(H,36,37)/t11-,12-,13-,14-,15-,16-,17-,18-/m0/s1. The van der Waals surface area contributed by atoms with Gasteiger partial charge in [0.2, 0.25) is 29.5 Å². The summed E-state index contributed by atoms with van der Waals surface area (Å²) in [5.41, 5.74) is 5.62. The Morgan fingerprint density at radius 2 is 1.03 bits per heavy atom. The second kappa shape index (κ2) is 17.9. The number of rotatable bonds is 17. The Morgan fingerprint density at radius 1 is 0.641 bits per heavy atom. The highest BCUT2D eigenvalue weighted by Gasteiger charge is 2.33. The minimum Gasteiger partial charge on any atom is -0.480 e. The molecule has 0 saturated heterocycles. The topological polar surface area (TPSA) is 209 Å². The highest BCUT2D eigenvalue weighted by molar-refractivity contribution is 7.80. The van der Waals surface area contributed by atoms with Crippen LogP contribution in [0.3, 0.4) is 0 Å². The Bertz CT molecular complexity index is 878. The summed E-state index contributed by atoms with van der Waals surface area (Å²) < 4.78 is 0. The molecule has 0 aliphatic rings. The van der Waals surface area contributed by atoms with Crippen molar-refractivity contribution in [1.82, 2.24) is 26.6 Å². The number of nitrogens with one attached hydrogen (secondary N) is 5. The molecule has 0 bridgehead atoms. The van der Waals surface area contributed by atoms with E-state index < -0.39 is 71.8 Å². The molecule has 13 nitrogen and oxygen atoms in total. The normalized spacial score (nSPS) is 17.2. The van der Waals surface area contributed by atoms with Crippen molar-refractivity contribution in [2.75, 3.05) is 11.5 Å². The molecule has 0 spiro atoms. The van der Waals surface area contributed by atoms with E-state index in [1.807, 2.05) is 13.8 Å². The van der Waals surface area contributed by atoms with Crippen LogP contribution < -0.4 is 32.3 Å². The highest BCUT2D eigenvalue weighted by Crippen LogP contribution is 2.11. The first kappa shape index (κ1) is 36.5. The van der Waals surface area contributed by atoms with Crippen LogP contribution in [0.15, 0.2) is 0 Å². The summed E-state index contributed by atoms with van der Waals surface area (Å²) >= 11 is 7.89. The van der Waals surface area contributed by atoms with E-state index >= 15 is 0 Å². The van der Waals surface area contributed by atoms with E-state index in [2.05, 4.69) is 51.8 Å². The Kier molecular flexibility index (Phi) is 16.8. The van der Waals surface area contributed by atoms with Crippen molar-refractivity contribution in [2.45, 2.75) is 90.6 Å². The number of carbonyl (C=O) groups is 6. The molecule has 0 heterocycles. The maximum Gasteiger partial charge on any atom is 0.327 e. The molecule has 0 aromatic carbocycles. The summed E-state index contributed by atoms with van der Waals surface area (Å²) in [7, 11) is 0. The first-order valence-corrected chi connectivity index (χ1v) is 14.1. The fourth-order valence-corrected chi connectivity index (χ4v) is 3.66. The molecule has 0 aliphatic carbocycles. The molecule has 0 unspecified atom stereocenters. The van der Waals surface area contributed by atoms with Crippen LogP contribution in [-0.2, 0) is 28.8 Å². The average molecular weight is 593 g/mol. The van der Waals surface area contributed by atoms with Gasteiger partial charge < -0.3 is 37.4 Å². The third-order valence-corrected chi connectivity index (χ3v) is 7.18. The van der Waals surface area contributed by atoms with Gasteiger partial charge in [-0.1, -0.05) is 40.5 Å². The number of hydrogen-bond donors (Lipinski definition) is 9. The predicted octanol–water partition coefficient (Wildman–Crippen LogP) is -1.19. The van der Waals surface area contributed by atoms with E-state index in [0.717, 1.165) is 0 Å². The third-order valence-electron chi connectivity index (χ3n) is 6.42. The summed E-state index contributed by atoms with van der Waals surface area (Å²) in [6.07, 6.45) is 1.03. The van der Waals surface area contributed by atoms with Gasteiger partial charge in [0, 0.05) is 11.5 Å². The zero-order valence-electron chi connectivity index (χ0n) is 23.3. The van der Waals surface area contributed by atoms with Crippen LogP contribution in [0.4, 0.5) is 0 Å². The lowest BCUT2D eigenvalue weighted by molar-refractivity contribution is -0.142. The summed E-state index contributed by atoms with van der Waals surface area (Å²) in [5.74, 6) is -5.13. The van der Waals surface area contributed by atoms with Crippen molar-refractivity contribution in [2.24, 2.45) is 17.6 Å². The van der Waals surface area contributed by atoms with Gasteiger partial charge in [-0.05, 0) is 25.7 Å². The van der Waals surface area contributed by atoms with Crippen molar-refractivity contribution in [1.29, 1.82) is 0 Å². The fraction of sp³-hybridized carbons (Fsp3) is 0.750. The van der Waals surface area contributed by atoms with Crippen molar-refractivity contribution >= 4 is 60.8 Å². The number of aliphatic carboxylic acids is 1. The van der Waals surface area contributed by atoms with Gasteiger partial charge in [0.05, 0.1) is 6.04 Å². The SMILES string of the molecule is CC[C@H](C)[C@H](NC(=O)[C@H](C)NC(=O)[C@@H](N)CS)C(=O)N[C@@H](C)C(=O)N[C@H](C(=O)N[C@@H](CS)C(=O)O)[C@@H](C)CC. The molecule has 0 aromatic rings. The van der Waals surface area contributed by atoms with Crippen LogP contribution in [-0.4, -0.2) is 88.4 Å². The first-order chi connectivity index (χ1) is 18.1. The van der Waals surface area contributed by atoms with E-state index in [0.29, 0.717) is 12.8 Å². The number of carboxylic acid groups (broad SMARTS) is 1. The van der Waals surface area contributed by atoms with Gasteiger partial charge in [-0.25, -0.2) is 4.79 Å². The number of amides is 5. The second-order valence-electron chi connectivity index (χ2n) is 9.58. The van der Waals surface area contributed by atoms with E-state index in [1.54, 1.807) is 13.8 Å². The maximum absolute atomic E-state index is 13.1. The summed E-state index contributed by atoms with van der Waals surface area (Å²) in [6, 6.07) is -6.28. The number of thiol groups is 2. The van der Waals surface area contributed by atoms with Crippen LogP contribution >= 0.6 is 25.3 Å². The molecule has 0 aliphatic heterocycles. The van der Waals surface area contributed by atoms with Gasteiger partial charge in [0.25, 0.3) is 0 Å². The molecule has 0 rings (SSSR count). The van der Waals surface area contributed by atoms with E-state index in [9.17, 15) is 33.9 Å². The number of carboxylic acids is 1. The molecular formula is C24H44N6O7S2. The molecule has 5 amide bonds. The number of carbonyl (C=O) groups excluding carboxylic acids is 5. The van der Waals surface area contributed by atoms with Gasteiger partial charge >= 0.3 is 5.97 Å². The first-order valence-electron chi connectivity index (χ1n) is 12.9. The Morgan fingerprint density at radius 3 is 1.36 bits per heavy atom. The van der Waals surface area contributed by atoms with Crippen LogP contribution in [0, 0.1) is 11.8 Å². The smallest absolute Gasteiger partial charge is 0.327 e. The van der Waals surface area contributed by atoms with E-state index in [4.69, 9.17) is 5.73 Å². The van der Waals surface area contributed by atoms with Gasteiger partial charge in [-0.3, -0.25) is 24.0 Å². The molecule has 15 heteroatoms. The summed E-state index contributed by atoms with van der Waals surface area (Å²) in [5, 5.41) is 21.8. The zero-order chi connectivity index (χ0) is 30.4. The second-order valence-corrected chi connectivity index (χ2v) is 10.3. The lowest BCUT2D eigenvalue weighted by atomic mass is 9.97. The van der Waals surface area contributed by atoms with Crippen LogP contribution in [0.2, 0.25) is 0 Å². The molecule has 0 fully saturated rings. The average Bonchev–Trinajstić information content (AvgIpc) is 2.90. The lowest BCUT2D eigenvalue weighted by Gasteiger charge is -2.28. The molecule has 8 N–H and O–H groups in total. The monoisotopic (exact) mass is 592 g/mol. The molecule has 224 valence electrons.